The number of hydrogen-bond acceptors (Lipinski definition) is 3. The van der Waals surface area contributed by atoms with E-state index in [4.69, 9.17) is 10.1 Å². The average Bonchev–Trinajstić information content (AvgIpc) is 1.38. The fraction of sp³-hybridized carbons (Fsp3) is 1.00. The standard InChI is InChI=1S/CH3NO3.Ca/c1-5-2(3)4;/h1H3;. The van der Waals surface area contributed by atoms with Gasteiger partial charge < -0.3 is 4.84 Å². The molecule has 32 valence electrons. The molecular formula is CH3CaNO3. The molecule has 0 spiro atoms. The van der Waals surface area contributed by atoms with E-state index < -0.39 is 5.09 Å². The van der Waals surface area contributed by atoms with Gasteiger partial charge in [0.15, 0.2) is 0 Å². The molecule has 0 atom stereocenters. The zero-order valence-corrected chi connectivity index (χ0v) is 5.59. The quantitative estimate of drug-likeness (QED) is 0.263. The van der Waals surface area contributed by atoms with Gasteiger partial charge in [-0.15, -0.1) is 10.1 Å². The summed E-state index contributed by atoms with van der Waals surface area (Å²) in [5.74, 6) is 0. The van der Waals surface area contributed by atoms with Gasteiger partial charge in [0.05, 0.1) is 7.11 Å². The molecule has 0 aliphatic heterocycles. The van der Waals surface area contributed by atoms with Crippen LogP contribution >= 0.6 is 0 Å². The molecule has 0 N–H and O–H groups in total. The van der Waals surface area contributed by atoms with Crippen molar-refractivity contribution >= 4 is 37.7 Å². The van der Waals surface area contributed by atoms with Crippen molar-refractivity contribution in [3.05, 3.63) is 10.1 Å². The van der Waals surface area contributed by atoms with Gasteiger partial charge in [-0.05, 0) is 0 Å². The van der Waals surface area contributed by atoms with E-state index in [1.807, 2.05) is 0 Å². The first-order valence-electron chi connectivity index (χ1n) is 0.956. The third-order valence-electron chi connectivity index (χ3n) is 0.149. The van der Waals surface area contributed by atoms with Crippen molar-refractivity contribution in [3.63, 3.8) is 0 Å². The normalized spacial score (nSPS) is 5.50. The number of rotatable bonds is 1. The molecule has 0 fully saturated rings. The fourth-order valence-electron chi connectivity index (χ4n) is 0. The largest absolute Gasteiger partial charge is 0.317 e. The Balaban J connectivity index is 0. The van der Waals surface area contributed by atoms with Crippen molar-refractivity contribution in [2.24, 2.45) is 0 Å². The van der Waals surface area contributed by atoms with Gasteiger partial charge in [-0.3, -0.25) is 0 Å². The average molecular weight is 117 g/mol. The summed E-state index contributed by atoms with van der Waals surface area (Å²) >= 11 is 0. The van der Waals surface area contributed by atoms with Gasteiger partial charge in [-0.25, -0.2) is 0 Å². The topological polar surface area (TPSA) is 52.4 Å². The molecule has 0 bridgehead atoms. The monoisotopic (exact) mass is 117 g/mol. The molecule has 0 unspecified atom stereocenters. The zero-order chi connectivity index (χ0) is 4.28. The molecule has 6 heavy (non-hydrogen) atoms. The van der Waals surface area contributed by atoms with Crippen molar-refractivity contribution < 1.29 is 9.92 Å². The second-order valence-electron chi connectivity index (χ2n) is 0.406. The number of nitrogens with zero attached hydrogens (tertiary/aromatic N) is 1. The van der Waals surface area contributed by atoms with E-state index in [1.54, 1.807) is 0 Å². The maximum atomic E-state index is 8.95. The molecule has 0 amide bonds. The van der Waals surface area contributed by atoms with Gasteiger partial charge in [0, 0.05) is 37.7 Å². The molecule has 0 aliphatic carbocycles. The fourth-order valence-corrected chi connectivity index (χ4v) is 0. The Kier molecular flexibility index (Phi) is 8.81. The maximum Gasteiger partial charge on any atom is 0.294 e. The van der Waals surface area contributed by atoms with Crippen LogP contribution < -0.4 is 0 Å². The minimum Gasteiger partial charge on any atom is -0.317 e. The van der Waals surface area contributed by atoms with E-state index in [-0.39, 0.29) is 37.7 Å². The summed E-state index contributed by atoms with van der Waals surface area (Å²) in [7, 11) is 1.00. The maximum absolute atomic E-state index is 8.95. The van der Waals surface area contributed by atoms with Crippen LogP contribution in [-0.2, 0) is 4.84 Å². The smallest absolute Gasteiger partial charge is 0.294 e. The molecular weight excluding hydrogens is 114 g/mol. The second-order valence-corrected chi connectivity index (χ2v) is 0.406. The second kappa shape index (κ2) is 5.46. The molecule has 0 aliphatic rings. The van der Waals surface area contributed by atoms with E-state index in [1.165, 1.54) is 0 Å². The third-order valence-corrected chi connectivity index (χ3v) is 0.149. The van der Waals surface area contributed by atoms with E-state index in [9.17, 15) is 0 Å². The Morgan fingerprint density at radius 3 is 2.00 bits per heavy atom. The molecule has 4 nitrogen and oxygen atoms in total. The van der Waals surface area contributed by atoms with E-state index in [0.717, 1.165) is 7.11 Å². The van der Waals surface area contributed by atoms with Crippen LogP contribution in [0.1, 0.15) is 0 Å². The third kappa shape index (κ3) is 8.82. The van der Waals surface area contributed by atoms with Crippen molar-refractivity contribution in [2.75, 3.05) is 7.11 Å². The molecule has 0 rings (SSSR count). The van der Waals surface area contributed by atoms with Crippen LogP contribution in [0.5, 0.6) is 0 Å². The molecule has 0 saturated heterocycles. The van der Waals surface area contributed by atoms with Crippen molar-refractivity contribution in [2.45, 2.75) is 0 Å². The summed E-state index contributed by atoms with van der Waals surface area (Å²) in [4.78, 5) is 12.4. The molecule has 0 saturated carbocycles. The van der Waals surface area contributed by atoms with Crippen molar-refractivity contribution in [1.82, 2.24) is 0 Å². The minimum atomic E-state index is -0.875. The predicted octanol–water partition coefficient (Wildman–Crippen LogP) is -0.556. The van der Waals surface area contributed by atoms with Crippen molar-refractivity contribution in [3.8, 4) is 0 Å². The van der Waals surface area contributed by atoms with E-state index in [0.29, 0.717) is 0 Å². The molecule has 0 heterocycles. The van der Waals surface area contributed by atoms with Crippen LogP contribution in [0.15, 0.2) is 0 Å². The van der Waals surface area contributed by atoms with Crippen LogP contribution in [0.25, 0.3) is 0 Å². The Morgan fingerprint density at radius 2 is 2.00 bits per heavy atom. The van der Waals surface area contributed by atoms with Crippen LogP contribution in [0.2, 0.25) is 0 Å². The first-order valence-corrected chi connectivity index (χ1v) is 0.956. The predicted molar refractivity (Wildman–Crippen MR) is 19.8 cm³/mol. The van der Waals surface area contributed by atoms with Crippen molar-refractivity contribution in [1.29, 1.82) is 0 Å². The van der Waals surface area contributed by atoms with Gasteiger partial charge in [-0.1, -0.05) is 0 Å². The van der Waals surface area contributed by atoms with Crippen LogP contribution in [0.3, 0.4) is 0 Å². The first-order chi connectivity index (χ1) is 2.27. The first kappa shape index (κ1) is 9.68. The molecule has 0 aromatic rings. The summed E-state index contributed by atoms with van der Waals surface area (Å²) in [5, 5.41) is 8.08. The number of hydrogen-bond donors (Lipinski definition) is 0. The minimum absolute atomic E-state index is 0. The van der Waals surface area contributed by atoms with E-state index in [2.05, 4.69) is 4.84 Å². The van der Waals surface area contributed by atoms with Gasteiger partial charge in [-0.2, -0.15) is 0 Å². The van der Waals surface area contributed by atoms with Crippen LogP contribution in [0.4, 0.5) is 0 Å². The summed E-state index contributed by atoms with van der Waals surface area (Å²) in [6.07, 6.45) is 0. The molecule has 0 aromatic heterocycles. The zero-order valence-electron chi connectivity index (χ0n) is 3.38. The summed E-state index contributed by atoms with van der Waals surface area (Å²) in [6, 6.07) is 0. The molecule has 5 heteroatoms. The molecule has 0 aromatic carbocycles. The van der Waals surface area contributed by atoms with Gasteiger partial charge >= 0.3 is 0 Å². The van der Waals surface area contributed by atoms with Gasteiger partial charge in [0.2, 0.25) is 0 Å². The Morgan fingerprint density at radius 1 is 1.83 bits per heavy atom. The Bertz CT molecular complexity index is 46.1. The van der Waals surface area contributed by atoms with E-state index >= 15 is 0 Å². The summed E-state index contributed by atoms with van der Waals surface area (Å²) in [6.45, 7) is 0. The summed E-state index contributed by atoms with van der Waals surface area (Å²) < 4.78 is 0. The van der Waals surface area contributed by atoms with Gasteiger partial charge in [0.1, 0.15) is 0 Å². The SMILES string of the molecule is CO[N+](=O)[O-].[Ca]. The molecule has 2 radical (unpaired) electrons. The van der Waals surface area contributed by atoms with Gasteiger partial charge in [0.25, 0.3) is 5.09 Å². The summed E-state index contributed by atoms with van der Waals surface area (Å²) in [5.41, 5.74) is 0. The Labute approximate surface area is 64.6 Å². The Hall–Kier alpha value is 0.460. The van der Waals surface area contributed by atoms with Crippen LogP contribution in [-0.4, -0.2) is 49.9 Å². The van der Waals surface area contributed by atoms with Crippen LogP contribution in [0, 0.1) is 10.1 Å².